The average Bonchev–Trinajstić information content (AvgIpc) is 2.67. The Balaban J connectivity index is 2.06. The number of nitrogens with zero attached hydrogens (tertiary/aromatic N) is 1. The molecule has 2 aromatic rings. The third-order valence-corrected chi connectivity index (χ3v) is 6.21. The van der Waals surface area contributed by atoms with Crippen LogP contribution in [0.15, 0.2) is 59.5 Å². The van der Waals surface area contributed by atoms with E-state index in [1.54, 1.807) is 61.6 Å². The van der Waals surface area contributed by atoms with Gasteiger partial charge in [0.05, 0.1) is 4.90 Å². The van der Waals surface area contributed by atoms with Crippen molar-refractivity contribution in [2.45, 2.75) is 44.2 Å². The Morgan fingerprint density at radius 3 is 2.12 bits per heavy atom. The highest BCUT2D eigenvalue weighted by molar-refractivity contribution is 7.89. The summed E-state index contributed by atoms with van der Waals surface area (Å²) >= 11 is 0. The van der Waals surface area contributed by atoms with Crippen molar-refractivity contribution in [2.75, 3.05) is 7.05 Å². The van der Waals surface area contributed by atoms with E-state index in [9.17, 15) is 13.2 Å². The molecule has 6 heteroatoms. The fourth-order valence-electron chi connectivity index (χ4n) is 2.64. The maximum Gasteiger partial charge on any atom is 0.251 e. The summed E-state index contributed by atoms with van der Waals surface area (Å²) in [5.41, 5.74) is 1.40. The summed E-state index contributed by atoms with van der Waals surface area (Å²) in [5.74, 6) is -0.101. The molecule has 0 heterocycles. The third kappa shape index (κ3) is 4.93. The minimum absolute atomic E-state index is 0.101. The predicted molar refractivity (Wildman–Crippen MR) is 103 cm³/mol. The summed E-state index contributed by atoms with van der Waals surface area (Å²) in [6.45, 7) is 4.33. The molecule has 26 heavy (non-hydrogen) atoms. The van der Waals surface area contributed by atoms with Crippen molar-refractivity contribution in [3.8, 4) is 0 Å². The number of sulfonamides is 1. The van der Waals surface area contributed by atoms with Crippen LogP contribution in [0.3, 0.4) is 0 Å². The van der Waals surface area contributed by atoms with Gasteiger partial charge in [-0.1, -0.05) is 44.2 Å². The second-order valence-corrected chi connectivity index (χ2v) is 8.30. The lowest BCUT2D eigenvalue weighted by Gasteiger charge is -2.18. The molecular formula is C20H26N2O3S. The normalized spacial score (nSPS) is 11.7. The zero-order chi connectivity index (χ0) is 19.2. The van der Waals surface area contributed by atoms with Gasteiger partial charge in [-0.15, -0.1) is 0 Å². The molecule has 0 aliphatic rings. The number of rotatable bonds is 8. The maximum absolute atomic E-state index is 12.6. The fourth-order valence-corrected chi connectivity index (χ4v) is 3.82. The van der Waals surface area contributed by atoms with E-state index in [4.69, 9.17) is 0 Å². The Morgan fingerprint density at radius 2 is 1.58 bits per heavy atom. The second-order valence-electron chi connectivity index (χ2n) is 6.26. The zero-order valence-electron chi connectivity index (χ0n) is 15.5. The maximum atomic E-state index is 12.6. The SMILES string of the molecule is CCC(CC)NC(=O)c1ccc(CN(C)S(=O)(=O)c2ccccc2)cc1. The van der Waals surface area contributed by atoms with Crippen LogP contribution >= 0.6 is 0 Å². The quantitative estimate of drug-likeness (QED) is 0.770. The number of amides is 1. The van der Waals surface area contributed by atoms with E-state index in [1.165, 1.54) is 4.31 Å². The number of hydrogen-bond donors (Lipinski definition) is 1. The molecule has 0 spiro atoms. The van der Waals surface area contributed by atoms with E-state index in [1.807, 2.05) is 13.8 Å². The Kier molecular flexibility index (Phi) is 6.94. The van der Waals surface area contributed by atoms with Gasteiger partial charge in [-0.05, 0) is 42.7 Å². The van der Waals surface area contributed by atoms with Crippen LogP contribution < -0.4 is 5.32 Å². The molecule has 2 aromatic carbocycles. The molecule has 0 bridgehead atoms. The van der Waals surface area contributed by atoms with Gasteiger partial charge in [0.15, 0.2) is 0 Å². The van der Waals surface area contributed by atoms with Crippen LogP contribution in [0.5, 0.6) is 0 Å². The van der Waals surface area contributed by atoms with Crippen LogP contribution in [0.25, 0.3) is 0 Å². The number of carbonyl (C=O) groups is 1. The van der Waals surface area contributed by atoms with Crippen molar-refractivity contribution < 1.29 is 13.2 Å². The molecule has 0 unspecified atom stereocenters. The van der Waals surface area contributed by atoms with Crippen LogP contribution in [-0.2, 0) is 16.6 Å². The van der Waals surface area contributed by atoms with Gasteiger partial charge in [0.1, 0.15) is 0 Å². The Hall–Kier alpha value is -2.18. The van der Waals surface area contributed by atoms with Crippen LogP contribution in [0.4, 0.5) is 0 Å². The molecule has 0 saturated heterocycles. The van der Waals surface area contributed by atoms with Gasteiger partial charge in [-0.25, -0.2) is 8.42 Å². The highest BCUT2D eigenvalue weighted by Crippen LogP contribution is 2.16. The summed E-state index contributed by atoms with van der Waals surface area (Å²) in [4.78, 5) is 12.5. The van der Waals surface area contributed by atoms with Gasteiger partial charge >= 0.3 is 0 Å². The number of carbonyl (C=O) groups excluding carboxylic acids is 1. The van der Waals surface area contributed by atoms with Crippen LogP contribution in [0.2, 0.25) is 0 Å². The Morgan fingerprint density at radius 1 is 1.00 bits per heavy atom. The van der Waals surface area contributed by atoms with Crippen molar-refractivity contribution in [2.24, 2.45) is 0 Å². The largest absolute Gasteiger partial charge is 0.349 e. The molecule has 0 fully saturated rings. The van der Waals surface area contributed by atoms with Crippen molar-refractivity contribution in [3.63, 3.8) is 0 Å². The van der Waals surface area contributed by atoms with Crippen molar-refractivity contribution >= 4 is 15.9 Å². The summed E-state index contributed by atoms with van der Waals surface area (Å²) in [6.07, 6.45) is 1.78. The Bertz CT molecular complexity index is 814. The van der Waals surface area contributed by atoms with Gasteiger partial charge in [-0.3, -0.25) is 4.79 Å². The van der Waals surface area contributed by atoms with E-state index < -0.39 is 10.0 Å². The van der Waals surface area contributed by atoms with Gasteiger partial charge in [-0.2, -0.15) is 4.31 Å². The van der Waals surface area contributed by atoms with Crippen LogP contribution in [-0.4, -0.2) is 31.7 Å². The van der Waals surface area contributed by atoms with Gasteiger partial charge in [0, 0.05) is 25.2 Å². The van der Waals surface area contributed by atoms with E-state index in [0.29, 0.717) is 5.56 Å². The molecule has 5 nitrogen and oxygen atoms in total. The van der Waals surface area contributed by atoms with E-state index in [0.717, 1.165) is 18.4 Å². The van der Waals surface area contributed by atoms with Crippen molar-refractivity contribution in [1.29, 1.82) is 0 Å². The molecule has 0 saturated carbocycles. The zero-order valence-corrected chi connectivity index (χ0v) is 16.3. The predicted octanol–water partition coefficient (Wildman–Crippen LogP) is 3.43. The molecule has 0 aliphatic carbocycles. The lowest BCUT2D eigenvalue weighted by Crippen LogP contribution is -2.33. The molecular weight excluding hydrogens is 348 g/mol. The number of hydrogen-bond acceptors (Lipinski definition) is 3. The molecule has 0 aromatic heterocycles. The summed E-state index contributed by atoms with van der Waals surface area (Å²) in [6, 6.07) is 15.6. The van der Waals surface area contributed by atoms with Crippen LogP contribution in [0, 0.1) is 0 Å². The minimum Gasteiger partial charge on any atom is -0.349 e. The van der Waals surface area contributed by atoms with Crippen LogP contribution in [0.1, 0.15) is 42.6 Å². The molecule has 0 atom stereocenters. The number of nitrogens with one attached hydrogen (secondary N) is 1. The highest BCUT2D eigenvalue weighted by atomic mass is 32.2. The van der Waals surface area contributed by atoms with Crippen molar-refractivity contribution in [1.82, 2.24) is 9.62 Å². The minimum atomic E-state index is -3.53. The number of benzene rings is 2. The molecule has 140 valence electrons. The van der Waals surface area contributed by atoms with E-state index >= 15 is 0 Å². The third-order valence-electron chi connectivity index (χ3n) is 4.39. The first-order valence-electron chi connectivity index (χ1n) is 8.79. The average molecular weight is 375 g/mol. The molecule has 1 amide bonds. The van der Waals surface area contributed by atoms with Gasteiger partial charge in [0.25, 0.3) is 5.91 Å². The molecule has 1 N–H and O–H groups in total. The monoisotopic (exact) mass is 374 g/mol. The van der Waals surface area contributed by atoms with Gasteiger partial charge in [0.2, 0.25) is 10.0 Å². The van der Waals surface area contributed by atoms with E-state index in [2.05, 4.69) is 5.32 Å². The fraction of sp³-hybridized carbons (Fsp3) is 0.350. The van der Waals surface area contributed by atoms with Gasteiger partial charge < -0.3 is 5.32 Å². The summed E-state index contributed by atoms with van der Waals surface area (Å²) in [7, 11) is -1.98. The lowest BCUT2D eigenvalue weighted by atomic mass is 10.1. The summed E-state index contributed by atoms with van der Waals surface area (Å²) in [5, 5.41) is 2.99. The standard InChI is InChI=1S/C20H26N2O3S/c1-4-18(5-2)21-20(23)17-13-11-16(12-14-17)15-22(3)26(24,25)19-9-7-6-8-10-19/h6-14,18H,4-5,15H2,1-3H3,(H,21,23). The first kappa shape index (κ1) is 20.1. The smallest absolute Gasteiger partial charge is 0.251 e. The van der Waals surface area contributed by atoms with E-state index in [-0.39, 0.29) is 23.4 Å². The van der Waals surface area contributed by atoms with Crippen molar-refractivity contribution in [3.05, 3.63) is 65.7 Å². The Labute approximate surface area is 156 Å². The topological polar surface area (TPSA) is 66.5 Å². The second kappa shape index (κ2) is 8.96. The lowest BCUT2D eigenvalue weighted by molar-refractivity contribution is 0.0935. The first-order chi connectivity index (χ1) is 12.4. The summed E-state index contributed by atoms with van der Waals surface area (Å²) < 4.78 is 26.4. The molecule has 0 aliphatic heterocycles. The first-order valence-corrected chi connectivity index (χ1v) is 10.2. The molecule has 0 radical (unpaired) electrons. The highest BCUT2D eigenvalue weighted by Gasteiger charge is 2.20. The molecule has 2 rings (SSSR count).